The summed E-state index contributed by atoms with van der Waals surface area (Å²) in [5.41, 5.74) is 1.74. The SMILES string of the molecule is O=C(NC1CCCN(CCc2ccccc2)C1)c1cnccn1. The van der Waals surface area contributed by atoms with Gasteiger partial charge in [-0.2, -0.15) is 0 Å². The lowest BCUT2D eigenvalue weighted by Crippen LogP contribution is -2.48. The first-order valence-corrected chi connectivity index (χ1v) is 8.14. The molecule has 1 aromatic heterocycles. The van der Waals surface area contributed by atoms with Gasteiger partial charge in [-0.05, 0) is 31.4 Å². The molecule has 120 valence electrons. The molecule has 1 aliphatic heterocycles. The Morgan fingerprint density at radius 1 is 1.26 bits per heavy atom. The maximum absolute atomic E-state index is 12.2. The maximum Gasteiger partial charge on any atom is 0.271 e. The van der Waals surface area contributed by atoms with Crippen LogP contribution in [-0.4, -0.2) is 46.5 Å². The number of amides is 1. The number of nitrogens with zero attached hydrogens (tertiary/aromatic N) is 3. The van der Waals surface area contributed by atoms with Crippen molar-refractivity contribution >= 4 is 5.91 Å². The summed E-state index contributed by atoms with van der Waals surface area (Å²) < 4.78 is 0. The van der Waals surface area contributed by atoms with Crippen molar-refractivity contribution in [2.45, 2.75) is 25.3 Å². The van der Waals surface area contributed by atoms with Crippen LogP contribution in [0.5, 0.6) is 0 Å². The summed E-state index contributed by atoms with van der Waals surface area (Å²) in [7, 11) is 0. The van der Waals surface area contributed by atoms with Gasteiger partial charge in [0.15, 0.2) is 0 Å². The summed E-state index contributed by atoms with van der Waals surface area (Å²) >= 11 is 0. The van der Waals surface area contributed by atoms with Crippen LogP contribution in [0.25, 0.3) is 0 Å². The van der Waals surface area contributed by atoms with Gasteiger partial charge in [-0.25, -0.2) is 4.98 Å². The zero-order chi connectivity index (χ0) is 15.9. The molecule has 1 fully saturated rings. The van der Waals surface area contributed by atoms with Crippen molar-refractivity contribution in [3.63, 3.8) is 0 Å². The van der Waals surface area contributed by atoms with E-state index in [1.807, 2.05) is 6.07 Å². The number of rotatable bonds is 5. The molecule has 0 saturated carbocycles. The molecule has 0 aliphatic carbocycles. The number of benzene rings is 1. The highest BCUT2D eigenvalue weighted by Crippen LogP contribution is 2.12. The number of carbonyl (C=O) groups excluding carboxylic acids is 1. The van der Waals surface area contributed by atoms with Crippen LogP contribution in [0, 0.1) is 0 Å². The maximum atomic E-state index is 12.2. The number of piperidine rings is 1. The predicted octanol–water partition coefficient (Wildman–Crippen LogP) is 1.91. The fourth-order valence-electron chi connectivity index (χ4n) is 2.98. The third kappa shape index (κ3) is 4.60. The van der Waals surface area contributed by atoms with Crippen LogP contribution in [-0.2, 0) is 6.42 Å². The lowest BCUT2D eigenvalue weighted by Gasteiger charge is -2.33. The van der Waals surface area contributed by atoms with E-state index in [4.69, 9.17) is 0 Å². The van der Waals surface area contributed by atoms with Crippen LogP contribution in [0.4, 0.5) is 0 Å². The minimum Gasteiger partial charge on any atom is -0.347 e. The number of carbonyl (C=O) groups is 1. The molecule has 2 aromatic rings. The normalized spacial score (nSPS) is 18.5. The number of hydrogen-bond donors (Lipinski definition) is 1. The van der Waals surface area contributed by atoms with Gasteiger partial charge < -0.3 is 10.2 Å². The van der Waals surface area contributed by atoms with Gasteiger partial charge in [0.2, 0.25) is 0 Å². The number of aromatic nitrogens is 2. The Hall–Kier alpha value is -2.27. The summed E-state index contributed by atoms with van der Waals surface area (Å²) in [5, 5.41) is 3.08. The Balaban J connectivity index is 1.49. The Kier molecular flexibility index (Phi) is 5.32. The average Bonchev–Trinajstić information content (AvgIpc) is 2.62. The Labute approximate surface area is 136 Å². The second-order valence-corrected chi connectivity index (χ2v) is 5.94. The zero-order valence-electron chi connectivity index (χ0n) is 13.2. The van der Waals surface area contributed by atoms with E-state index in [1.165, 1.54) is 11.8 Å². The van der Waals surface area contributed by atoms with Gasteiger partial charge in [0, 0.05) is 31.5 Å². The summed E-state index contributed by atoms with van der Waals surface area (Å²) in [6.45, 7) is 3.03. The summed E-state index contributed by atoms with van der Waals surface area (Å²) in [4.78, 5) is 22.6. The van der Waals surface area contributed by atoms with Crippen LogP contribution >= 0.6 is 0 Å². The van der Waals surface area contributed by atoms with Crippen molar-refractivity contribution in [3.05, 3.63) is 60.2 Å². The topological polar surface area (TPSA) is 58.1 Å². The Morgan fingerprint density at radius 3 is 2.91 bits per heavy atom. The summed E-state index contributed by atoms with van der Waals surface area (Å²) in [5.74, 6) is -0.131. The molecule has 0 radical (unpaired) electrons. The van der Waals surface area contributed by atoms with Gasteiger partial charge in [-0.15, -0.1) is 0 Å². The molecule has 1 unspecified atom stereocenters. The van der Waals surface area contributed by atoms with Gasteiger partial charge >= 0.3 is 0 Å². The minimum absolute atomic E-state index is 0.131. The molecule has 1 aliphatic rings. The van der Waals surface area contributed by atoms with Gasteiger partial charge in [0.1, 0.15) is 5.69 Å². The van der Waals surface area contributed by atoms with E-state index in [9.17, 15) is 4.79 Å². The molecule has 5 nitrogen and oxygen atoms in total. The van der Waals surface area contributed by atoms with Gasteiger partial charge in [0.25, 0.3) is 5.91 Å². The molecule has 1 amide bonds. The zero-order valence-corrected chi connectivity index (χ0v) is 13.2. The highest BCUT2D eigenvalue weighted by Gasteiger charge is 2.22. The van der Waals surface area contributed by atoms with Gasteiger partial charge in [-0.3, -0.25) is 9.78 Å². The van der Waals surface area contributed by atoms with Gasteiger partial charge in [0.05, 0.1) is 6.20 Å². The second-order valence-electron chi connectivity index (χ2n) is 5.94. The predicted molar refractivity (Wildman–Crippen MR) is 89.1 cm³/mol. The van der Waals surface area contributed by atoms with E-state index in [1.54, 1.807) is 12.4 Å². The van der Waals surface area contributed by atoms with E-state index in [2.05, 4.69) is 44.5 Å². The summed E-state index contributed by atoms with van der Waals surface area (Å²) in [6, 6.07) is 10.7. The van der Waals surface area contributed by atoms with E-state index in [0.29, 0.717) is 5.69 Å². The number of hydrogen-bond acceptors (Lipinski definition) is 4. The highest BCUT2D eigenvalue weighted by molar-refractivity contribution is 5.92. The number of likely N-dealkylation sites (tertiary alicyclic amines) is 1. The average molecular weight is 310 g/mol. The molecule has 5 heteroatoms. The standard InChI is InChI=1S/C18H22N4O/c23-18(17-13-19-9-10-20-17)21-16-7-4-11-22(14-16)12-8-15-5-2-1-3-6-15/h1-3,5-6,9-10,13,16H,4,7-8,11-12,14H2,(H,21,23). The van der Waals surface area contributed by atoms with Crippen LogP contribution in [0.15, 0.2) is 48.9 Å². The van der Waals surface area contributed by atoms with Crippen molar-refractivity contribution in [1.82, 2.24) is 20.2 Å². The molecule has 0 bridgehead atoms. The Morgan fingerprint density at radius 2 is 2.13 bits per heavy atom. The lowest BCUT2D eigenvalue weighted by molar-refractivity contribution is 0.0898. The molecule has 1 atom stereocenters. The third-order valence-corrected chi connectivity index (χ3v) is 4.20. The van der Waals surface area contributed by atoms with E-state index >= 15 is 0 Å². The fourth-order valence-corrected chi connectivity index (χ4v) is 2.98. The molecule has 1 saturated heterocycles. The van der Waals surface area contributed by atoms with Gasteiger partial charge in [-0.1, -0.05) is 30.3 Å². The fraction of sp³-hybridized carbons (Fsp3) is 0.389. The quantitative estimate of drug-likeness (QED) is 0.916. The molecule has 23 heavy (non-hydrogen) atoms. The van der Waals surface area contributed by atoms with Crippen molar-refractivity contribution < 1.29 is 4.79 Å². The molecule has 2 heterocycles. The molecule has 0 spiro atoms. The second kappa shape index (κ2) is 7.83. The highest BCUT2D eigenvalue weighted by atomic mass is 16.1. The van der Waals surface area contributed by atoms with Crippen LogP contribution in [0.1, 0.15) is 28.9 Å². The molecular formula is C18H22N4O. The first-order valence-electron chi connectivity index (χ1n) is 8.14. The minimum atomic E-state index is -0.131. The largest absolute Gasteiger partial charge is 0.347 e. The van der Waals surface area contributed by atoms with Crippen molar-refractivity contribution in [2.75, 3.05) is 19.6 Å². The lowest BCUT2D eigenvalue weighted by atomic mass is 10.0. The first kappa shape index (κ1) is 15.6. The van der Waals surface area contributed by atoms with E-state index < -0.39 is 0 Å². The number of nitrogens with one attached hydrogen (secondary N) is 1. The van der Waals surface area contributed by atoms with E-state index in [-0.39, 0.29) is 11.9 Å². The van der Waals surface area contributed by atoms with Crippen molar-refractivity contribution in [2.24, 2.45) is 0 Å². The first-order chi connectivity index (χ1) is 11.3. The summed E-state index contributed by atoms with van der Waals surface area (Å²) in [6.07, 6.45) is 7.80. The van der Waals surface area contributed by atoms with Crippen LogP contribution < -0.4 is 5.32 Å². The third-order valence-electron chi connectivity index (χ3n) is 4.20. The van der Waals surface area contributed by atoms with Crippen molar-refractivity contribution in [1.29, 1.82) is 0 Å². The van der Waals surface area contributed by atoms with Crippen LogP contribution in [0.3, 0.4) is 0 Å². The molecular weight excluding hydrogens is 288 g/mol. The molecule has 3 rings (SSSR count). The van der Waals surface area contributed by atoms with E-state index in [0.717, 1.165) is 38.9 Å². The molecule has 1 aromatic carbocycles. The Bertz CT molecular complexity index is 617. The monoisotopic (exact) mass is 310 g/mol. The van der Waals surface area contributed by atoms with Crippen LogP contribution in [0.2, 0.25) is 0 Å². The van der Waals surface area contributed by atoms with Crippen molar-refractivity contribution in [3.8, 4) is 0 Å². The molecule has 1 N–H and O–H groups in total. The smallest absolute Gasteiger partial charge is 0.271 e.